The largest absolute Gasteiger partial charge is 0.486 e. The van der Waals surface area contributed by atoms with Crippen LogP contribution in [0.1, 0.15) is 25.0 Å². The SMILES string of the molecule is CCc1c(CC(C)O)cc(Br)c2c1OCCO2. The number of fused-ring (bicyclic) bond motifs is 1. The standard InChI is InChI=1S/C13H17BrO3/c1-3-10-9(6-8(2)15)7-11(14)13-12(10)16-4-5-17-13/h7-8,15H,3-6H2,1-2H3. The molecule has 1 heterocycles. The molecule has 0 fully saturated rings. The van der Waals surface area contributed by atoms with E-state index in [4.69, 9.17) is 9.47 Å². The van der Waals surface area contributed by atoms with Crippen LogP contribution in [0, 0.1) is 0 Å². The van der Waals surface area contributed by atoms with Gasteiger partial charge in [0.1, 0.15) is 13.2 Å². The first-order chi connectivity index (χ1) is 8.13. The smallest absolute Gasteiger partial charge is 0.175 e. The molecule has 0 aromatic heterocycles. The molecule has 0 amide bonds. The topological polar surface area (TPSA) is 38.7 Å². The van der Waals surface area contributed by atoms with E-state index in [-0.39, 0.29) is 6.10 Å². The normalized spacial score (nSPS) is 15.8. The van der Waals surface area contributed by atoms with Crippen LogP contribution in [0.3, 0.4) is 0 Å². The van der Waals surface area contributed by atoms with Gasteiger partial charge in [-0.05, 0) is 47.3 Å². The zero-order valence-electron chi connectivity index (χ0n) is 10.1. The predicted octanol–water partition coefficient (Wildman–Crippen LogP) is 2.71. The van der Waals surface area contributed by atoms with Gasteiger partial charge in [-0.15, -0.1) is 0 Å². The summed E-state index contributed by atoms with van der Waals surface area (Å²) in [6, 6.07) is 2.03. The maximum absolute atomic E-state index is 9.53. The van der Waals surface area contributed by atoms with Gasteiger partial charge < -0.3 is 14.6 Å². The zero-order valence-corrected chi connectivity index (χ0v) is 11.7. The fourth-order valence-corrected chi connectivity index (χ4v) is 2.73. The highest BCUT2D eigenvalue weighted by molar-refractivity contribution is 9.10. The lowest BCUT2D eigenvalue weighted by molar-refractivity contribution is 0.167. The Balaban J connectivity index is 2.49. The molecule has 1 aliphatic rings. The van der Waals surface area contributed by atoms with Gasteiger partial charge in [0.15, 0.2) is 11.5 Å². The second-order valence-electron chi connectivity index (χ2n) is 4.26. The number of hydrogen-bond acceptors (Lipinski definition) is 3. The van der Waals surface area contributed by atoms with Crippen molar-refractivity contribution in [2.45, 2.75) is 32.8 Å². The Kier molecular flexibility index (Phi) is 3.94. The molecule has 1 aromatic rings. The van der Waals surface area contributed by atoms with Gasteiger partial charge in [-0.2, -0.15) is 0 Å². The zero-order chi connectivity index (χ0) is 12.4. The molecule has 0 radical (unpaired) electrons. The Morgan fingerprint density at radius 2 is 2.00 bits per heavy atom. The van der Waals surface area contributed by atoms with E-state index in [1.807, 2.05) is 6.07 Å². The Morgan fingerprint density at radius 3 is 2.59 bits per heavy atom. The van der Waals surface area contributed by atoms with Crippen molar-refractivity contribution in [3.8, 4) is 11.5 Å². The van der Waals surface area contributed by atoms with Crippen LogP contribution in [0.25, 0.3) is 0 Å². The Labute approximate surface area is 110 Å². The third kappa shape index (κ3) is 2.58. The van der Waals surface area contributed by atoms with Crippen molar-refractivity contribution in [1.29, 1.82) is 0 Å². The molecular formula is C13H17BrO3. The van der Waals surface area contributed by atoms with E-state index in [0.717, 1.165) is 33.5 Å². The number of halogens is 1. The van der Waals surface area contributed by atoms with Crippen LogP contribution in [-0.2, 0) is 12.8 Å². The molecule has 1 aliphatic heterocycles. The number of hydrogen-bond donors (Lipinski definition) is 1. The van der Waals surface area contributed by atoms with Gasteiger partial charge in [0.2, 0.25) is 0 Å². The average molecular weight is 301 g/mol. The summed E-state index contributed by atoms with van der Waals surface area (Å²) < 4.78 is 12.2. The molecule has 1 unspecified atom stereocenters. The lowest BCUT2D eigenvalue weighted by Crippen LogP contribution is -2.18. The van der Waals surface area contributed by atoms with Crippen LogP contribution in [0.15, 0.2) is 10.5 Å². The fourth-order valence-electron chi connectivity index (χ4n) is 2.16. The van der Waals surface area contributed by atoms with E-state index in [9.17, 15) is 5.11 Å². The van der Waals surface area contributed by atoms with Crippen LogP contribution in [0.2, 0.25) is 0 Å². The quantitative estimate of drug-likeness (QED) is 0.933. The van der Waals surface area contributed by atoms with Crippen LogP contribution in [0.4, 0.5) is 0 Å². The Hall–Kier alpha value is -0.740. The van der Waals surface area contributed by atoms with Gasteiger partial charge in [-0.3, -0.25) is 0 Å². The molecule has 0 saturated carbocycles. The number of rotatable bonds is 3. The van der Waals surface area contributed by atoms with Crippen LogP contribution in [-0.4, -0.2) is 24.4 Å². The Morgan fingerprint density at radius 1 is 1.35 bits per heavy atom. The molecule has 0 spiro atoms. The summed E-state index contributed by atoms with van der Waals surface area (Å²) >= 11 is 3.50. The first kappa shape index (κ1) is 12.7. The summed E-state index contributed by atoms with van der Waals surface area (Å²) in [5, 5.41) is 9.53. The van der Waals surface area contributed by atoms with Crippen molar-refractivity contribution in [3.05, 3.63) is 21.7 Å². The predicted molar refractivity (Wildman–Crippen MR) is 69.9 cm³/mol. The van der Waals surface area contributed by atoms with Gasteiger partial charge in [-0.25, -0.2) is 0 Å². The van der Waals surface area contributed by atoms with Crippen molar-refractivity contribution >= 4 is 15.9 Å². The van der Waals surface area contributed by atoms with E-state index in [0.29, 0.717) is 19.6 Å². The average Bonchev–Trinajstić information content (AvgIpc) is 2.29. The minimum absolute atomic E-state index is 0.352. The molecular weight excluding hydrogens is 284 g/mol. The lowest BCUT2D eigenvalue weighted by atomic mass is 9.98. The monoisotopic (exact) mass is 300 g/mol. The summed E-state index contributed by atoms with van der Waals surface area (Å²) in [4.78, 5) is 0. The van der Waals surface area contributed by atoms with Gasteiger partial charge in [0.25, 0.3) is 0 Å². The summed E-state index contributed by atoms with van der Waals surface area (Å²) in [5.41, 5.74) is 2.27. The van der Waals surface area contributed by atoms with Crippen molar-refractivity contribution in [3.63, 3.8) is 0 Å². The van der Waals surface area contributed by atoms with Crippen molar-refractivity contribution < 1.29 is 14.6 Å². The maximum atomic E-state index is 9.53. The first-order valence-corrected chi connectivity index (χ1v) is 6.70. The highest BCUT2D eigenvalue weighted by Crippen LogP contribution is 2.42. The van der Waals surface area contributed by atoms with E-state index in [1.54, 1.807) is 6.92 Å². The summed E-state index contributed by atoms with van der Waals surface area (Å²) in [5.74, 6) is 1.63. The minimum atomic E-state index is -0.352. The second kappa shape index (κ2) is 5.27. The number of aliphatic hydroxyl groups excluding tert-OH is 1. The molecule has 17 heavy (non-hydrogen) atoms. The molecule has 1 atom stereocenters. The highest BCUT2D eigenvalue weighted by atomic mass is 79.9. The third-order valence-corrected chi connectivity index (χ3v) is 3.42. The van der Waals surface area contributed by atoms with Crippen molar-refractivity contribution in [2.24, 2.45) is 0 Å². The van der Waals surface area contributed by atoms with Gasteiger partial charge >= 0.3 is 0 Å². The third-order valence-electron chi connectivity index (χ3n) is 2.83. The highest BCUT2D eigenvalue weighted by Gasteiger charge is 2.22. The van der Waals surface area contributed by atoms with Crippen LogP contribution < -0.4 is 9.47 Å². The lowest BCUT2D eigenvalue weighted by Gasteiger charge is -2.24. The maximum Gasteiger partial charge on any atom is 0.175 e. The second-order valence-corrected chi connectivity index (χ2v) is 5.11. The molecule has 4 heteroatoms. The fraction of sp³-hybridized carbons (Fsp3) is 0.538. The van der Waals surface area contributed by atoms with Crippen LogP contribution >= 0.6 is 15.9 Å². The molecule has 0 saturated heterocycles. The number of ether oxygens (including phenoxy) is 2. The molecule has 0 bridgehead atoms. The van der Waals surface area contributed by atoms with E-state index >= 15 is 0 Å². The van der Waals surface area contributed by atoms with Gasteiger partial charge in [0, 0.05) is 5.56 Å². The first-order valence-electron chi connectivity index (χ1n) is 5.91. The van der Waals surface area contributed by atoms with E-state index < -0.39 is 0 Å². The summed E-state index contributed by atoms with van der Waals surface area (Å²) in [7, 11) is 0. The van der Waals surface area contributed by atoms with Gasteiger partial charge in [0.05, 0.1) is 10.6 Å². The van der Waals surface area contributed by atoms with Gasteiger partial charge in [-0.1, -0.05) is 6.92 Å². The van der Waals surface area contributed by atoms with Crippen molar-refractivity contribution in [1.82, 2.24) is 0 Å². The molecule has 3 nitrogen and oxygen atoms in total. The molecule has 2 rings (SSSR count). The molecule has 0 aliphatic carbocycles. The van der Waals surface area contributed by atoms with Crippen LogP contribution in [0.5, 0.6) is 11.5 Å². The van der Waals surface area contributed by atoms with E-state index in [1.165, 1.54) is 0 Å². The minimum Gasteiger partial charge on any atom is -0.486 e. The van der Waals surface area contributed by atoms with Crippen molar-refractivity contribution in [2.75, 3.05) is 13.2 Å². The summed E-state index contributed by atoms with van der Waals surface area (Å²) in [6.07, 6.45) is 1.16. The molecule has 94 valence electrons. The van der Waals surface area contributed by atoms with E-state index in [2.05, 4.69) is 22.9 Å². The number of aliphatic hydroxyl groups is 1. The summed E-state index contributed by atoms with van der Waals surface area (Å²) in [6.45, 7) is 5.06. The molecule has 1 N–H and O–H groups in total. The number of benzene rings is 1. The molecule has 1 aromatic carbocycles. The Bertz CT molecular complexity index is 416.